The highest BCUT2D eigenvalue weighted by molar-refractivity contribution is 4.94. The van der Waals surface area contributed by atoms with E-state index in [2.05, 4.69) is 6.92 Å². The maximum Gasteiger partial charge on any atom is 0.187 e. The minimum Gasteiger partial charge on any atom is -0.394 e. The summed E-state index contributed by atoms with van der Waals surface area (Å²) in [5, 5.41) is 70.5. The van der Waals surface area contributed by atoms with E-state index in [-0.39, 0.29) is 13.2 Å². The number of aliphatic hydroxyl groups excluding tert-OH is 7. The van der Waals surface area contributed by atoms with Crippen molar-refractivity contribution in [2.24, 2.45) is 0 Å². The van der Waals surface area contributed by atoms with Crippen LogP contribution in [0.5, 0.6) is 0 Å². The van der Waals surface area contributed by atoms with Crippen LogP contribution in [-0.4, -0.2) is 170 Å². The van der Waals surface area contributed by atoms with Crippen molar-refractivity contribution in [1.82, 2.24) is 0 Å². The second-order valence-electron chi connectivity index (χ2n) is 12.7. The lowest BCUT2D eigenvalue weighted by Crippen LogP contribution is -2.64. The molecule has 0 unspecified atom stereocenters. The lowest BCUT2D eigenvalue weighted by atomic mass is 9.97. The van der Waals surface area contributed by atoms with Crippen LogP contribution in [-0.2, 0) is 37.9 Å². The van der Waals surface area contributed by atoms with Crippen LogP contribution < -0.4 is 0 Å². The minimum atomic E-state index is -1.73. The van der Waals surface area contributed by atoms with Gasteiger partial charge in [-0.1, -0.05) is 77.6 Å². The molecule has 0 bridgehead atoms. The molecule has 0 aromatic rings. The summed E-state index contributed by atoms with van der Waals surface area (Å²) in [6.45, 7) is 4.50. The van der Waals surface area contributed by atoms with Gasteiger partial charge in [-0.15, -0.1) is 0 Å². The summed E-state index contributed by atoms with van der Waals surface area (Å²) in [5.41, 5.74) is 0. The minimum absolute atomic E-state index is 0.00714. The van der Waals surface area contributed by atoms with E-state index < -0.39 is 74.6 Å². The van der Waals surface area contributed by atoms with E-state index in [1.165, 1.54) is 70.6 Å². The second kappa shape index (κ2) is 28.0. The first-order valence-corrected chi connectivity index (χ1v) is 18.4. The van der Waals surface area contributed by atoms with Gasteiger partial charge in [0, 0.05) is 6.61 Å². The summed E-state index contributed by atoms with van der Waals surface area (Å²) in [6, 6.07) is 0. The maximum absolute atomic E-state index is 10.7. The molecule has 15 heteroatoms. The van der Waals surface area contributed by atoms with E-state index in [1.807, 2.05) is 0 Å². The van der Waals surface area contributed by atoms with Crippen molar-refractivity contribution in [1.29, 1.82) is 0 Å². The highest BCUT2D eigenvalue weighted by Gasteiger charge is 2.50. The third kappa shape index (κ3) is 17.6. The molecule has 10 atom stereocenters. The van der Waals surface area contributed by atoms with Gasteiger partial charge < -0.3 is 73.6 Å². The first-order chi connectivity index (χ1) is 23.8. The average molecular weight is 715 g/mol. The Morgan fingerprint density at radius 1 is 0.429 bits per heavy atom. The topological polar surface area (TPSA) is 215 Å². The van der Waals surface area contributed by atoms with Crippen LogP contribution in [0.2, 0.25) is 0 Å². The fourth-order valence-electron chi connectivity index (χ4n) is 5.72. The smallest absolute Gasteiger partial charge is 0.187 e. The Balaban J connectivity index is 1.41. The van der Waals surface area contributed by atoms with Crippen LogP contribution in [0.3, 0.4) is 0 Å². The van der Waals surface area contributed by atoms with Gasteiger partial charge in [0.15, 0.2) is 12.6 Å². The number of aliphatic hydroxyl groups is 7. The number of hydrogen-bond acceptors (Lipinski definition) is 15. The third-order valence-corrected chi connectivity index (χ3v) is 8.73. The molecule has 2 rings (SSSR count). The second-order valence-corrected chi connectivity index (χ2v) is 12.7. The van der Waals surface area contributed by atoms with Crippen LogP contribution in [0.4, 0.5) is 0 Å². The molecule has 0 radical (unpaired) electrons. The number of ether oxygens (including phenoxy) is 8. The Morgan fingerprint density at radius 3 is 1.37 bits per heavy atom. The van der Waals surface area contributed by atoms with Crippen LogP contribution in [0, 0.1) is 0 Å². The van der Waals surface area contributed by atoms with E-state index in [9.17, 15) is 35.7 Å². The average Bonchev–Trinajstić information content (AvgIpc) is 3.11. The molecule has 0 spiro atoms. The highest BCUT2D eigenvalue weighted by atomic mass is 16.7. The molecule has 0 amide bonds. The lowest BCUT2D eigenvalue weighted by molar-refractivity contribution is -0.359. The summed E-state index contributed by atoms with van der Waals surface area (Å²) in [4.78, 5) is 0. The molecule has 15 nitrogen and oxygen atoms in total. The number of hydrogen-bond donors (Lipinski definition) is 7. The van der Waals surface area contributed by atoms with Crippen LogP contribution in [0.25, 0.3) is 0 Å². The zero-order valence-electron chi connectivity index (χ0n) is 29.4. The Labute approximate surface area is 291 Å². The molecule has 2 heterocycles. The van der Waals surface area contributed by atoms with E-state index in [0.717, 1.165) is 13.0 Å². The van der Waals surface area contributed by atoms with Crippen molar-refractivity contribution in [2.45, 2.75) is 145 Å². The largest absolute Gasteiger partial charge is 0.394 e. The molecular formula is C34H66O15. The van der Waals surface area contributed by atoms with Gasteiger partial charge in [0.2, 0.25) is 0 Å². The third-order valence-electron chi connectivity index (χ3n) is 8.73. The Kier molecular flexibility index (Phi) is 25.4. The zero-order valence-corrected chi connectivity index (χ0v) is 29.4. The fraction of sp³-hybridized carbons (Fsp3) is 1.00. The molecule has 7 N–H and O–H groups in total. The predicted molar refractivity (Wildman–Crippen MR) is 177 cm³/mol. The van der Waals surface area contributed by atoms with Crippen LogP contribution in [0.1, 0.15) is 84.0 Å². The van der Waals surface area contributed by atoms with E-state index in [0.29, 0.717) is 39.6 Å². The van der Waals surface area contributed by atoms with Crippen molar-refractivity contribution in [3.05, 3.63) is 0 Å². The van der Waals surface area contributed by atoms with Crippen molar-refractivity contribution >= 4 is 0 Å². The van der Waals surface area contributed by atoms with Gasteiger partial charge >= 0.3 is 0 Å². The van der Waals surface area contributed by atoms with Gasteiger partial charge in [0.05, 0.1) is 66.1 Å². The Bertz CT molecular complexity index is 763. The Morgan fingerprint density at radius 2 is 0.857 bits per heavy atom. The summed E-state index contributed by atoms with van der Waals surface area (Å²) in [5.74, 6) is 0. The molecule has 0 aromatic heterocycles. The van der Waals surface area contributed by atoms with Crippen molar-refractivity contribution in [3.8, 4) is 0 Å². The van der Waals surface area contributed by atoms with Gasteiger partial charge in [-0.3, -0.25) is 0 Å². The van der Waals surface area contributed by atoms with Crippen molar-refractivity contribution < 1.29 is 73.6 Å². The van der Waals surface area contributed by atoms with Gasteiger partial charge in [-0.05, 0) is 6.42 Å². The number of rotatable bonds is 30. The molecule has 292 valence electrons. The van der Waals surface area contributed by atoms with Crippen molar-refractivity contribution in [3.63, 3.8) is 0 Å². The summed E-state index contributed by atoms with van der Waals surface area (Å²) in [7, 11) is 0. The SMILES string of the molecule is CCCCCCCCCCCCCCOCCOCCOCCOCCO[C@@H]1O[C@H](CO)[C@@H](O[C@@H]2O[C@H](CO)[C@H](O)[C@H](O)[C@H]2O)[C@H](O)[C@H]1O. The summed E-state index contributed by atoms with van der Waals surface area (Å²) < 4.78 is 44.0. The first-order valence-electron chi connectivity index (χ1n) is 18.4. The monoisotopic (exact) mass is 714 g/mol. The zero-order chi connectivity index (χ0) is 35.7. The molecule has 0 aromatic carbocycles. The van der Waals surface area contributed by atoms with E-state index in [1.54, 1.807) is 0 Å². The maximum atomic E-state index is 10.7. The normalized spacial score (nSPS) is 30.6. The van der Waals surface area contributed by atoms with Gasteiger partial charge in [-0.2, -0.15) is 0 Å². The predicted octanol–water partition coefficient (Wildman–Crippen LogP) is 0.395. The van der Waals surface area contributed by atoms with E-state index >= 15 is 0 Å². The molecule has 2 aliphatic heterocycles. The van der Waals surface area contributed by atoms with Gasteiger partial charge in [0.25, 0.3) is 0 Å². The Hall–Kier alpha value is -0.600. The first kappa shape index (κ1) is 44.6. The summed E-state index contributed by atoms with van der Waals surface area (Å²) in [6.07, 6.45) is 0.904. The molecule has 0 saturated carbocycles. The highest BCUT2D eigenvalue weighted by Crippen LogP contribution is 2.29. The van der Waals surface area contributed by atoms with Crippen molar-refractivity contribution in [2.75, 3.05) is 72.7 Å². The molecule has 0 aliphatic carbocycles. The standard InChI is InChI=1S/C34H66O15/c1-2-3-4-5-6-7-8-9-10-11-12-13-14-42-15-16-43-17-18-44-19-20-45-21-22-46-33-31(41)29(39)32(26(24-36)48-33)49-34-30(40)28(38)27(37)25(23-35)47-34/h25-41H,2-24H2,1H3/t25-,26-,27+,28+,29-,30-,31-,32-,33-,34+/m1/s1. The lowest BCUT2D eigenvalue weighted by Gasteiger charge is -2.45. The summed E-state index contributed by atoms with van der Waals surface area (Å²) >= 11 is 0. The quantitative estimate of drug-likeness (QED) is 0.0502. The molecule has 2 saturated heterocycles. The fourth-order valence-corrected chi connectivity index (χ4v) is 5.72. The molecule has 49 heavy (non-hydrogen) atoms. The van der Waals surface area contributed by atoms with Gasteiger partial charge in [-0.25, -0.2) is 0 Å². The van der Waals surface area contributed by atoms with Crippen LogP contribution >= 0.6 is 0 Å². The molecular weight excluding hydrogens is 648 g/mol. The van der Waals surface area contributed by atoms with Gasteiger partial charge in [0.1, 0.15) is 48.8 Å². The molecule has 2 aliphatic rings. The molecule has 2 fully saturated rings. The van der Waals surface area contributed by atoms with E-state index in [4.69, 9.17) is 37.9 Å². The van der Waals surface area contributed by atoms with Crippen LogP contribution in [0.15, 0.2) is 0 Å². The number of unbranched alkanes of at least 4 members (excludes halogenated alkanes) is 11.